The number of rotatable bonds is 5. The number of hydrogen-bond acceptors (Lipinski definition) is 4. The van der Waals surface area contributed by atoms with Gasteiger partial charge in [-0.2, -0.15) is 5.10 Å². The van der Waals surface area contributed by atoms with Gasteiger partial charge in [0.05, 0.1) is 6.10 Å². The van der Waals surface area contributed by atoms with Crippen molar-refractivity contribution >= 4 is 5.91 Å². The lowest BCUT2D eigenvalue weighted by molar-refractivity contribution is 0.00829. The first kappa shape index (κ1) is 14.0. The van der Waals surface area contributed by atoms with Crippen molar-refractivity contribution in [1.29, 1.82) is 0 Å². The van der Waals surface area contributed by atoms with Gasteiger partial charge in [0, 0.05) is 25.4 Å². The van der Waals surface area contributed by atoms with Crippen LogP contribution in [0.25, 0.3) is 0 Å². The second-order valence-electron chi connectivity index (χ2n) is 4.94. The van der Waals surface area contributed by atoms with E-state index in [0.29, 0.717) is 18.8 Å². The summed E-state index contributed by atoms with van der Waals surface area (Å²) in [5, 5.41) is 6.81. The number of aromatic amines is 1. The maximum atomic E-state index is 12.2. The molecule has 6 heteroatoms. The molecule has 0 aliphatic carbocycles. The average molecular weight is 266 g/mol. The van der Waals surface area contributed by atoms with E-state index in [2.05, 4.69) is 10.2 Å². The highest BCUT2D eigenvalue weighted by molar-refractivity contribution is 5.92. The van der Waals surface area contributed by atoms with E-state index in [-0.39, 0.29) is 12.0 Å². The molecule has 1 aliphatic rings. The molecule has 2 heterocycles. The number of nitrogens with one attached hydrogen (secondary N) is 1. The van der Waals surface area contributed by atoms with Crippen LogP contribution in [-0.2, 0) is 4.74 Å². The quantitative estimate of drug-likeness (QED) is 0.768. The Hall–Kier alpha value is -1.40. The Morgan fingerprint density at radius 2 is 2.32 bits per heavy atom. The van der Waals surface area contributed by atoms with E-state index in [1.54, 1.807) is 6.07 Å². The smallest absolute Gasteiger partial charge is 0.274 e. The standard InChI is InChI=1S/C13H22N4O2/c1-10-9-12(16-15-10)13(18)17-6-3-11(4-7-17)19-8-2-5-14/h9,11H,2-8,14H2,1H3,(H,15,16). The van der Waals surface area contributed by atoms with Crippen molar-refractivity contribution in [3.8, 4) is 0 Å². The summed E-state index contributed by atoms with van der Waals surface area (Å²) in [4.78, 5) is 14.0. The molecule has 3 N–H and O–H groups in total. The third-order valence-corrected chi connectivity index (χ3v) is 3.36. The molecule has 1 amide bonds. The molecule has 0 unspecified atom stereocenters. The zero-order chi connectivity index (χ0) is 13.7. The maximum Gasteiger partial charge on any atom is 0.274 e. The van der Waals surface area contributed by atoms with Crippen LogP contribution in [0.15, 0.2) is 6.07 Å². The van der Waals surface area contributed by atoms with Crippen LogP contribution in [0.4, 0.5) is 0 Å². The number of ether oxygens (including phenoxy) is 1. The van der Waals surface area contributed by atoms with Gasteiger partial charge in [-0.3, -0.25) is 9.89 Å². The van der Waals surface area contributed by atoms with E-state index < -0.39 is 0 Å². The fourth-order valence-electron chi connectivity index (χ4n) is 2.25. The van der Waals surface area contributed by atoms with E-state index in [4.69, 9.17) is 10.5 Å². The number of piperidine rings is 1. The van der Waals surface area contributed by atoms with Gasteiger partial charge in [0.15, 0.2) is 0 Å². The monoisotopic (exact) mass is 266 g/mol. The van der Waals surface area contributed by atoms with Crippen LogP contribution < -0.4 is 5.73 Å². The first-order valence-corrected chi connectivity index (χ1v) is 6.83. The van der Waals surface area contributed by atoms with Crippen LogP contribution >= 0.6 is 0 Å². The molecule has 106 valence electrons. The number of hydrogen-bond donors (Lipinski definition) is 2. The summed E-state index contributed by atoms with van der Waals surface area (Å²) in [5.74, 6) is 0.00441. The number of nitrogens with two attached hydrogens (primary N) is 1. The minimum atomic E-state index is 0.00441. The minimum absolute atomic E-state index is 0.00441. The summed E-state index contributed by atoms with van der Waals surface area (Å²) < 4.78 is 5.72. The van der Waals surface area contributed by atoms with Gasteiger partial charge in [-0.25, -0.2) is 0 Å². The molecule has 2 rings (SSSR count). The van der Waals surface area contributed by atoms with Gasteiger partial charge >= 0.3 is 0 Å². The second-order valence-corrected chi connectivity index (χ2v) is 4.94. The zero-order valence-corrected chi connectivity index (χ0v) is 11.4. The van der Waals surface area contributed by atoms with E-state index >= 15 is 0 Å². The molecule has 0 radical (unpaired) electrons. The molecule has 0 bridgehead atoms. The Bertz CT molecular complexity index is 411. The second kappa shape index (κ2) is 6.68. The molecule has 6 nitrogen and oxygen atoms in total. The van der Waals surface area contributed by atoms with Crippen molar-refractivity contribution in [2.24, 2.45) is 5.73 Å². The molecule has 0 saturated carbocycles. The minimum Gasteiger partial charge on any atom is -0.378 e. The number of carbonyl (C=O) groups is 1. The highest BCUT2D eigenvalue weighted by Gasteiger charge is 2.25. The van der Waals surface area contributed by atoms with Crippen molar-refractivity contribution in [2.75, 3.05) is 26.2 Å². The molecule has 1 aromatic rings. The van der Waals surface area contributed by atoms with Crippen LogP contribution in [0.5, 0.6) is 0 Å². The Morgan fingerprint density at radius 1 is 1.58 bits per heavy atom. The van der Waals surface area contributed by atoms with Crippen molar-refractivity contribution < 1.29 is 9.53 Å². The fourth-order valence-corrected chi connectivity index (χ4v) is 2.25. The lowest BCUT2D eigenvalue weighted by Crippen LogP contribution is -2.41. The van der Waals surface area contributed by atoms with Gasteiger partial charge in [0.1, 0.15) is 5.69 Å². The molecule has 1 fully saturated rings. The normalized spacial score (nSPS) is 16.8. The van der Waals surface area contributed by atoms with Crippen LogP contribution in [0, 0.1) is 6.92 Å². The first-order valence-electron chi connectivity index (χ1n) is 6.83. The summed E-state index contributed by atoms with van der Waals surface area (Å²) in [6.07, 6.45) is 2.93. The lowest BCUT2D eigenvalue weighted by atomic mass is 10.1. The maximum absolute atomic E-state index is 12.2. The molecular formula is C13H22N4O2. The van der Waals surface area contributed by atoms with Crippen LogP contribution in [0.2, 0.25) is 0 Å². The SMILES string of the molecule is Cc1cc(C(=O)N2CCC(OCCCN)CC2)n[nH]1. The number of likely N-dealkylation sites (tertiary alicyclic amines) is 1. The number of aryl methyl sites for hydroxylation is 1. The average Bonchev–Trinajstić information content (AvgIpc) is 2.86. The Kier molecular flexibility index (Phi) is 4.93. The van der Waals surface area contributed by atoms with Gasteiger partial charge in [-0.15, -0.1) is 0 Å². The molecular weight excluding hydrogens is 244 g/mol. The van der Waals surface area contributed by atoms with Gasteiger partial charge in [0.2, 0.25) is 0 Å². The predicted molar refractivity (Wildman–Crippen MR) is 71.9 cm³/mol. The zero-order valence-electron chi connectivity index (χ0n) is 11.4. The predicted octanol–water partition coefficient (Wildman–Crippen LogP) is 0.688. The third kappa shape index (κ3) is 3.78. The van der Waals surface area contributed by atoms with Gasteiger partial charge in [-0.05, 0) is 38.8 Å². The number of aromatic nitrogens is 2. The summed E-state index contributed by atoms with van der Waals surface area (Å²) in [7, 11) is 0. The largest absolute Gasteiger partial charge is 0.378 e. The first-order chi connectivity index (χ1) is 9.20. The molecule has 1 saturated heterocycles. The number of nitrogens with zero attached hydrogens (tertiary/aromatic N) is 2. The summed E-state index contributed by atoms with van der Waals surface area (Å²) in [6, 6.07) is 1.78. The van der Waals surface area contributed by atoms with E-state index in [1.165, 1.54) is 0 Å². The van der Waals surface area contributed by atoms with E-state index in [0.717, 1.165) is 38.0 Å². The summed E-state index contributed by atoms with van der Waals surface area (Å²) in [5.41, 5.74) is 6.84. The van der Waals surface area contributed by atoms with Gasteiger partial charge < -0.3 is 15.4 Å². The molecule has 0 aromatic carbocycles. The molecule has 0 atom stereocenters. The van der Waals surface area contributed by atoms with E-state index in [9.17, 15) is 4.79 Å². The van der Waals surface area contributed by atoms with Crippen molar-refractivity contribution in [3.05, 3.63) is 17.5 Å². The Balaban J connectivity index is 1.78. The fraction of sp³-hybridized carbons (Fsp3) is 0.692. The molecule has 0 spiro atoms. The highest BCUT2D eigenvalue weighted by atomic mass is 16.5. The van der Waals surface area contributed by atoms with Crippen LogP contribution in [0.1, 0.15) is 35.4 Å². The van der Waals surface area contributed by atoms with E-state index in [1.807, 2.05) is 11.8 Å². The Labute approximate surface area is 113 Å². The molecule has 19 heavy (non-hydrogen) atoms. The highest BCUT2D eigenvalue weighted by Crippen LogP contribution is 2.16. The van der Waals surface area contributed by atoms with Gasteiger partial charge in [0.25, 0.3) is 5.91 Å². The van der Waals surface area contributed by atoms with Crippen molar-refractivity contribution in [2.45, 2.75) is 32.3 Å². The lowest BCUT2D eigenvalue weighted by Gasteiger charge is -2.31. The number of amides is 1. The third-order valence-electron chi connectivity index (χ3n) is 3.36. The van der Waals surface area contributed by atoms with Crippen molar-refractivity contribution in [3.63, 3.8) is 0 Å². The summed E-state index contributed by atoms with van der Waals surface area (Å²) >= 11 is 0. The summed E-state index contributed by atoms with van der Waals surface area (Å²) in [6.45, 7) is 4.74. The Morgan fingerprint density at radius 3 is 2.89 bits per heavy atom. The van der Waals surface area contributed by atoms with Crippen molar-refractivity contribution in [1.82, 2.24) is 15.1 Å². The molecule has 1 aliphatic heterocycles. The topological polar surface area (TPSA) is 84.2 Å². The van der Waals surface area contributed by atoms with Crippen LogP contribution in [0.3, 0.4) is 0 Å². The molecule has 1 aromatic heterocycles. The van der Waals surface area contributed by atoms with Crippen LogP contribution in [-0.4, -0.2) is 53.3 Å². The number of H-pyrrole nitrogens is 1. The van der Waals surface area contributed by atoms with Gasteiger partial charge in [-0.1, -0.05) is 0 Å². The number of carbonyl (C=O) groups excluding carboxylic acids is 1.